The third kappa shape index (κ3) is 6.38. The lowest BCUT2D eigenvalue weighted by atomic mass is 10.1. The van der Waals surface area contributed by atoms with Crippen LogP contribution in [0.25, 0.3) is 22.5 Å². The lowest BCUT2D eigenvalue weighted by Crippen LogP contribution is -2.48. The van der Waals surface area contributed by atoms with Crippen molar-refractivity contribution in [2.24, 2.45) is 0 Å². The average molecular weight is 592 g/mol. The molecule has 2 aromatic heterocycles. The Balaban J connectivity index is 1.09. The number of rotatable bonds is 7. The monoisotopic (exact) mass is 591 g/mol. The third-order valence-corrected chi connectivity index (χ3v) is 8.36. The van der Waals surface area contributed by atoms with E-state index in [0.717, 1.165) is 71.1 Å². The number of hydrogen-bond donors (Lipinski definition) is 4. The van der Waals surface area contributed by atoms with Gasteiger partial charge in [0.15, 0.2) is 0 Å². The molecule has 0 bridgehead atoms. The minimum absolute atomic E-state index is 0.122. The molecule has 4 aromatic rings. The summed E-state index contributed by atoms with van der Waals surface area (Å²) in [5.41, 5.74) is 5.81. The molecule has 6 rings (SSSR count). The molecule has 10 nitrogen and oxygen atoms in total. The molecule has 3 atom stereocenters. The van der Waals surface area contributed by atoms with E-state index in [2.05, 4.69) is 59.3 Å². The molecule has 44 heavy (non-hydrogen) atoms. The van der Waals surface area contributed by atoms with Gasteiger partial charge in [0.25, 0.3) is 0 Å². The predicted octanol–water partition coefficient (Wildman–Crippen LogP) is 5.09. The van der Waals surface area contributed by atoms with E-state index in [9.17, 15) is 9.59 Å². The number of imidazole rings is 2. The first-order chi connectivity index (χ1) is 21.5. The zero-order chi connectivity index (χ0) is 30.5. The van der Waals surface area contributed by atoms with Crippen molar-refractivity contribution in [2.75, 3.05) is 20.2 Å². The number of hydrogen-bond acceptors (Lipinski definition) is 6. The number of carbonyl (C=O) groups is 2. The number of amides is 2. The van der Waals surface area contributed by atoms with Crippen molar-refractivity contribution in [3.05, 3.63) is 83.7 Å². The molecular weight excluding hydrogens is 554 g/mol. The maximum Gasteiger partial charge on any atom is 0.407 e. The molecule has 0 unspecified atom stereocenters. The van der Waals surface area contributed by atoms with Gasteiger partial charge in [0, 0.05) is 17.7 Å². The lowest BCUT2D eigenvalue weighted by Gasteiger charge is -2.27. The first-order valence-corrected chi connectivity index (χ1v) is 15.2. The quantitative estimate of drug-likeness (QED) is 0.222. The SMILES string of the molecule is CC[C@H](NC(=O)OC)C(=O)N1CCC[C@H]1c1ncc(-c2ccc(C#Cc3ccc(-c4cnc([C@@H]5CCCN5)[nH]4)cc3)cc2)[nH]1. The highest BCUT2D eigenvalue weighted by Gasteiger charge is 2.35. The fourth-order valence-electron chi connectivity index (χ4n) is 5.90. The standard InChI is InChI=1S/C34H37N7O3/c1-3-26(40-34(43)44-2)33(42)41-19-5-7-30(41)32-37-21-29(39-32)25-16-12-23(13-17-25)9-8-22-10-14-24(15-11-22)28-20-36-31(38-28)27-6-4-18-35-27/h10-17,20-21,26-27,30,35H,3-7,18-19H2,1-2H3,(H,36,38)(H,37,39)(H,40,43)/t26-,27-,30-/m0/s1. The van der Waals surface area contributed by atoms with Gasteiger partial charge in [0.2, 0.25) is 5.91 Å². The number of alkyl carbamates (subject to hydrolysis) is 1. The minimum Gasteiger partial charge on any atom is -0.453 e. The van der Waals surface area contributed by atoms with Crippen molar-refractivity contribution in [3.8, 4) is 34.4 Å². The largest absolute Gasteiger partial charge is 0.453 e. The average Bonchev–Trinajstić information content (AvgIpc) is 3.89. The first kappa shape index (κ1) is 29.2. The zero-order valence-electron chi connectivity index (χ0n) is 25.0. The Labute approximate surface area is 257 Å². The molecule has 0 aliphatic carbocycles. The topological polar surface area (TPSA) is 128 Å². The van der Waals surface area contributed by atoms with Crippen LogP contribution in [0.3, 0.4) is 0 Å². The Morgan fingerprint density at radius 1 is 0.932 bits per heavy atom. The Kier molecular flexibility index (Phi) is 8.75. The van der Waals surface area contributed by atoms with Crippen LogP contribution < -0.4 is 10.6 Å². The summed E-state index contributed by atoms with van der Waals surface area (Å²) >= 11 is 0. The predicted molar refractivity (Wildman–Crippen MR) is 167 cm³/mol. The Morgan fingerprint density at radius 3 is 2.11 bits per heavy atom. The first-order valence-electron chi connectivity index (χ1n) is 15.2. The molecule has 2 aliphatic heterocycles. The summed E-state index contributed by atoms with van der Waals surface area (Å²) in [6.07, 6.45) is 7.55. The summed E-state index contributed by atoms with van der Waals surface area (Å²) in [4.78, 5) is 42.8. The Morgan fingerprint density at radius 2 is 1.55 bits per heavy atom. The van der Waals surface area contributed by atoms with Crippen LogP contribution in [0.1, 0.15) is 73.9 Å². The van der Waals surface area contributed by atoms with E-state index >= 15 is 0 Å². The second-order valence-corrected chi connectivity index (χ2v) is 11.2. The molecule has 0 radical (unpaired) electrons. The van der Waals surface area contributed by atoms with Crippen molar-refractivity contribution in [3.63, 3.8) is 0 Å². The lowest BCUT2D eigenvalue weighted by molar-refractivity contribution is -0.134. The molecule has 2 aromatic carbocycles. The molecule has 4 N–H and O–H groups in total. The number of H-pyrrole nitrogens is 2. The second kappa shape index (κ2) is 13.2. The summed E-state index contributed by atoms with van der Waals surface area (Å²) in [6, 6.07) is 15.7. The van der Waals surface area contributed by atoms with E-state index in [-0.39, 0.29) is 11.9 Å². The van der Waals surface area contributed by atoms with Gasteiger partial charge in [0.1, 0.15) is 17.7 Å². The minimum atomic E-state index is -0.632. The summed E-state index contributed by atoms with van der Waals surface area (Å²) in [5.74, 6) is 8.13. The molecule has 2 aliphatic rings. The van der Waals surface area contributed by atoms with Crippen LogP contribution in [0.4, 0.5) is 4.79 Å². The van der Waals surface area contributed by atoms with Crippen LogP contribution in [0, 0.1) is 11.8 Å². The second-order valence-electron chi connectivity index (χ2n) is 11.2. The highest BCUT2D eigenvalue weighted by Crippen LogP contribution is 2.32. The van der Waals surface area contributed by atoms with Crippen LogP contribution in [0.5, 0.6) is 0 Å². The van der Waals surface area contributed by atoms with Gasteiger partial charge in [-0.15, -0.1) is 0 Å². The molecule has 0 spiro atoms. The number of nitrogens with one attached hydrogen (secondary N) is 4. The van der Waals surface area contributed by atoms with Crippen molar-refractivity contribution in [1.82, 2.24) is 35.5 Å². The van der Waals surface area contributed by atoms with Crippen LogP contribution in [-0.4, -0.2) is 63.1 Å². The van der Waals surface area contributed by atoms with Gasteiger partial charge >= 0.3 is 6.09 Å². The van der Waals surface area contributed by atoms with Crippen molar-refractivity contribution < 1.29 is 14.3 Å². The maximum atomic E-state index is 13.2. The van der Waals surface area contributed by atoms with Gasteiger partial charge in [0.05, 0.1) is 43.0 Å². The van der Waals surface area contributed by atoms with Gasteiger partial charge in [-0.05, 0) is 74.0 Å². The van der Waals surface area contributed by atoms with E-state index in [1.807, 2.05) is 49.5 Å². The number of aromatic amines is 2. The molecule has 226 valence electrons. The van der Waals surface area contributed by atoms with E-state index in [1.54, 1.807) is 11.1 Å². The molecule has 10 heteroatoms. The van der Waals surface area contributed by atoms with Crippen LogP contribution in [-0.2, 0) is 9.53 Å². The number of aromatic nitrogens is 4. The van der Waals surface area contributed by atoms with E-state index in [4.69, 9.17) is 0 Å². The number of benzene rings is 2. The van der Waals surface area contributed by atoms with E-state index in [1.165, 1.54) is 13.5 Å². The zero-order valence-corrected chi connectivity index (χ0v) is 25.0. The summed E-state index contributed by atoms with van der Waals surface area (Å²) < 4.78 is 4.69. The smallest absolute Gasteiger partial charge is 0.407 e. The normalized spacial score (nSPS) is 18.5. The fourth-order valence-corrected chi connectivity index (χ4v) is 5.90. The Bertz CT molecular complexity index is 1660. The van der Waals surface area contributed by atoms with Gasteiger partial charge < -0.3 is 30.2 Å². The Hall–Kier alpha value is -4.88. The summed E-state index contributed by atoms with van der Waals surface area (Å²) in [5, 5.41) is 6.12. The number of ether oxygens (including phenoxy) is 1. The van der Waals surface area contributed by atoms with Crippen molar-refractivity contribution >= 4 is 12.0 Å². The summed E-state index contributed by atoms with van der Waals surface area (Å²) in [7, 11) is 1.29. The third-order valence-electron chi connectivity index (χ3n) is 8.36. The van der Waals surface area contributed by atoms with Crippen molar-refractivity contribution in [2.45, 2.75) is 57.2 Å². The van der Waals surface area contributed by atoms with Crippen LogP contribution >= 0.6 is 0 Å². The molecule has 2 fully saturated rings. The highest BCUT2D eigenvalue weighted by molar-refractivity contribution is 5.86. The number of nitrogens with zero attached hydrogens (tertiary/aromatic N) is 3. The van der Waals surface area contributed by atoms with Crippen molar-refractivity contribution in [1.29, 1.82) is 0 Å². The van der Waals surface area contributed by atoms with Gasteiger partial charge in [-0.25, -0.2) is 14.8 Å². The highest BCUT2D eigenvalue weighted by atomic mass is 16.5. The van der Waals surface area contributed by atoms with Gasteiger partial charge in [-0.3, -0.25) is 4.79 Å². The van der Waals surface area contributed by atoms with Crippen LogP contribution in [0.15, 0.2) is 60.9 Å². The molecule has 2 amide bonds. The number of methoxy groups -OCH3 is 1. The maximum absolute atomic E-state index is 13.2. The molecule has 0 saturated carbocycles. The number of carbonyl (C=O) groups excluding carboxylic acids is 2. The van der Waals surface area contributed by atoms with Gasteiger partial charge in [-0.2, -0.15) is 0 Å². The van der Waals surface area contributed by atoms with Gasteiger partial charge in [-0.1, -0.05) is 43.0 Å². The number of likely N-dealkylation sites (tertiary alicyclic amines) is 1. The molecule has 4 heterocycles. The fraction of sp³-hybridized carbons (Fsp3) is 0.353. The molecular formula is C34H37N7O3. The van der Waals surface area contributed by atoms with E-state index < -0.39 is 12.1 Å². The van der Waals surface area contributed by atoms with E-state index in [0.29, 0.717) is 19.0 Å². The summed E-state index contributed by atoms with van der Waals surface area (Å²) in [6.45, 7) is 3.53. The molecule has 2 saturated heterocycles. The van der Waals surface area contributed by atoms with Crippen LogP contribution in [0.2, 0.25) is 0 Å².